The number of piperidine rings is 1. The Morgan fingerprint density at radius 3 is 2.61 bits per heavy atom. The van der Waals surface area contributed by atoms with E-state index in [0.29, 0.717) is 13.0 Å². The summed E-state index contributed by atoms with van der Waals surface area (Å²) in [6.45, 7) is 6.31. The van der Waals surface area contributed by atoms with Crippen LogP contribution in [0.15, 0.2) is 54.6 Å². The minimum Gasteiger partial charge on any atom is -0.468 e. The number of nitrogens with one attached hydrogen (secondary N) is 1. The van der Waals surface area contributed by atoms with Gasteiger partial charge in [0.2, 0.25) is 11.8 Å². The van der Waals surface area contributed by atoms with Crippen molar-refractivity contribution in [2.75, 3.05) is 6.54 Å². The number of hydrogen-bond acceptors (Lipinski definition) is 3. The molecule has 1 N–H and O–H groups in total. The first kappa shape index (κ1) is 18.5. The van der Waals surface area contributed by atoms with Crippen LogP contribution in [-0.2, 0) is 9.59 Å². The zero-order valence-corrected chi connectivity index (χ0v) is 16.5. The second kappa shape index (κ2) is 6.97. The monoisotopic (exact) mass is 378 g/mol. The van der Waals surface area contributed by atoms with Gasteiger partial charge in [-0.2, -0.15) is 0 Å². The molecule has 2 heterocycles. The van der Waals surface area contributed by atoms with Crippen LogP contribution in [-0.4, -0.2) is 29.0 Å². The summed E-state index contributed by atoms with van der Waals surface area (Å²) >= 11 is 0. The molecule has 2 aromatic carbocycles. The molecule has 0 saturated carbocycles. The largest absolute Gasteiger partial charge is 0.468 e. The average Bonchev–Trinajstić information content (AvgIpc) is 2.68. The van der Waals surface area contributed by atoms with Crippen LogP contribution in [0.3, 0.4) is 0 Å². The van der Waals surface area contributed by atoms with Crippen molar-refractivity contribution in [2.24, 2.45) is 5.92 Å². The lowest BCUT2D eigenvalue weighted by atomic mass is 9.73. The summed E-state index contributed by atoms with van der Waals surface area (Å²) in [4.78, 5) is 28.3. The van der Waals surface area contributed by atoms with Crippen molar-refractivity contribution in [1.29, 1.82) is 0 Å². The van der Waals surface area contributed by atoms with Crippen molar-refractivity contribution in [1.82, 2.24) is 10.2 Å². The lowest BCUT2D eigenvalue weighted by Gasteiger charge is -2.52. The molecule has 0 unspecified atom stereocenters. The number of benzene rings is 2. The van der Waals surface area contributed by atoms with Gasteiger partial charge in [0.15, 0.2) is 5.72 Å². The number of hydrogen-bond donors (Lipinski definition) is 1. The number of likely N-dealkylation sites (tertiary alicyclic amines) is 1. The Bertz CT molecular complexity index is 898. The maximum atomic E-state index is 13.3. The molecule has 2 aliphatic rings. The molecule has 2 bridgehead atoms. The molecule has 5 heteroatoms. The number of carbonyl (C=O) groups excluding carboxylic acids is 2. The fraction of sp³-hybridized carbons (Fsp3) is 0.391. The molecule has 1 fully saturated rings. The summed E-state index contributed by atoms with van der Waals surface area (Å²) in [5.74, 6) is -0.546. The minimum absolute atomic E-state index is 0.159. The Balaban J connectivity index is 1.68. The van der Waals surface area contributed by atoms with Gasteiger partial charge in [-0.15, -0.1) is 0 Å². The van der Waals surface area contributed by atoms with E-state index in [1.54, 1.807) is 4.90 Å². The first-order valence-corrected chi connectivity index (χ1v) is 9.89. The van der Waals surface area contributed by atoms with E-state index < -0.39 is 11.6 Å². The van der Waals surface area contributed by atoms with E-state index in [2.05, 4.69) is 5.32 Å². The number of rotatable bonds is 4. The summed E-state index contributed by atoms with van der Waals surface area (Å²) in [7, 11) is 0. The summed E-state index contributed by atoms with van der Waals surface area (Å²) in [5.41, 5.74) is 1.24. The van der Waals surface area contributed by atoms with Crippen molar-refractivity contribution < 1.29 is 14.3 Å². The van der Waals surface area contributed by atoms with Gasteiger partial charge >= 0.3 is 0 Å². The van der Waals surface area contributed by atoms with Gasteiger partial charge < -0.3 is 15.0 Å². The van der Waals surface area contributed by atoms with E-state index in [9.17, 15) is 9.59 Å². The lowest BCUT2D eigenvalue weighted by Crippen LogP contribution is -2.64. The summed E-state index contributed by atoms with van der Waals surface area (Å²) in [6, 6.07) is 17.4. The van der Waals surface area contributed by atoms with E-state index in [1.807, 2.05) is 75.4 Å². The second-order valence-corrected chi connectivity index (χ2v) is 7.83. The van der Waals surface area contributed by atoms with E-state index >= 15 is 0 Å². The van der Waals surface area contributed by atoms with Gasteiger partial charge in [0.25, 0.3) is 0 Å². The quantitative estimate of drug-likeness (QED) is 0.827. The highest BCUT2D eigenvalue weighted by molar-refractivity contribution is 6.02. The van der Waals surface area contributed by atoms with Gasteiger partial charge in [0.1, 0.15) is 11.7 Å². The van der Waals surface area contributed by atoms with Crippen molar-refractivity contribution in [3.8, 4) is 5.75 Å². The van der Waals surface area contributed by atoms with Gasteiger partial charge in [-0.05, 0) is 38.0 Å². The van der Waals surface area contributed by atoms with Gasteiger partial charge in [-0.3, -0.25) is 9.59 Å². The minimum atomic E-state index is -0.746. The van der Waals surface area contributed by atoms with Crippen LogP contribution >= 0.6 is 0 Å². The second-order valence-electron chi connectivity index (χ2n) is 7.83. The molecule has 0 radical (unpaired) electrons. The number of fused-ring (bicyclic) bond motifs is 4. The molecule has 4 atom stereocenters. The van der Waals surface area contributed by atoms with Crippen LogP contribution < -0.4 is 10.1 Å². The molecule has 2 aliphatic heterocycles. The number of ether oxygens (including phenoxy) is 1. The molecule has 2 aromatic rings. The van der Waals surface area contributed by atoms with Crippen molar-refractivity contribution in [2.45, 2.75) is 44.9 Å². The number of amides is 2. The van der Waals surface area contributed by atoms with Gasteiger partial charge in [-0.1, -0.05) is 48.5 Å². The molecule has 146 valence electrons. The van der Waals surface area contributed by atoms with Crippen LogP contribution in [0.2, 0.25) is 0 Å². The Morgan fingerprint density at radius 1 is 1.21 bits per heavy atom. The Hall–Kier alpha value is -2.82. The van der Waals surface area contributed by atoms with E-state index in [0.717, 1.165) is 16.9 Å². The number of carbonyl (C=O) groups is 2. The Labute approximate surface area is 165 Å². The average molecular weight is 378 g/mol. The third-order valence-electron chi connectivity index (χ3n) is 6.01. The van der Waals surface area contributed by atoms with E-state index in [-0.39, 0.29) is 23.8 Å². The maximum Gasteiger partial charge on any atom is 0.238 e. The normalized spacial score (nSPS) is 26.8. The Kier molecular flexibility index (Phi) is 4.61. The molecule has 0 aromatic heterocycles. The van der Waals surface area contributed by atoms with E-state index in [4.69, 9.17) is 4.74 Å². The van der Waals surface area contributed by atoms with Gasteiger partial charge in [0.05, 0.1) is 6.04 Å². The summed E-state index contributed by atoms with van der Waals surface area (Å²) in [5, 5.41) is 3.06. The predicted molar refractivity (Wildman–Crippen MR) is 107 cm³/mol. The first-order valence-electron chi connectivity index (χ1n) is 9.89. The topological polar surface area (TPSA) is 58.6 Å². The fourth-order valence-electron chi connectivity index (χ4n) is 4.63. The van der Waals surface area contributed by atoms with Crippen LogP contribution in [0.5, 0.6) is 5.75 Å². The van der Waals surface area contributed by atoms with Crippen molar-refractivity contribution in [3.63, 3.8) is 0 Å². The zero-order valence-electron chi connectivity index (χ0n) is 16.5. The van der Waals surface area contributed by atoms with Crippen molar-refractivity contribution in [3.05, 3.63) is 65.7 Å². The molecule has 28 heavy (non-hydrogen) atoms. The highest BCUT2D eigenvalue weighted by Gasteiger charge is 2.55. The molecular weight excluding hydrogens is 352 g/mol. The maximum absolute atomic E-state index is 13.3. The molecule has 0 aliphatic carbocycles. The highest BCUT2D eigenvalue weighted by atomic mass is 16.5. The molecule has 4 rings (SSSR count). The standard InChI is InChI=1S/C23H26N2O3/c1-4-25-22(27)20(21(26)24-15(2)16-10-6-5-7-11-16)18-14-23(25,3)28-19-13-9-8-12-17(18)19/h5-13,15,18,20H,4,14H2,1-3H3,(H,24,26)/t15-,18+,20+,23-/m0/s1. The third-order valence-corrected chi connectivity index (χ3v) is 6.01. The highest BCUT2D eigenvalue weighted by Crippen LogP contribution is 2.50. The van der Waals surface area contributed by atoms with Crippen molar-refractivity contribution >= 4 is 11.8 Å². The van der Waals surface area contributed by atoms with Gasteiger partial charge in [-0.25, -0.2) is 0 Å². The third kappa shape index (κ3) is 2.95. The number of nitrogens with zero attached hydrogens (tertiary/aromatic N) is 1. The first-order chi connectivity index (χ1) is 13.4. The molecule has 5 nitrogen and oxygen atoms in total. The summed E-state index contributed by atoms with van der Waals surface area (Å²) < 4.78 is 6.22. The molecule has 0 spiro atoms. The van der Waals surface area contributed by atoms with Crippen LogP contribution in [0.25, 0.3) is 0 Å². The SMILES string of the molecule is CCN1C(=O)[C@@H](C(=O)N[C@@H](C)c2ccccc2)[C@@H]2C[C@]1(C)Oc1ccccc12. The molecule has 1 saturated heterocycles. The molecule has 2 amide bonds. The Morgan fingerprint density at radius 2 is 1.89 bits per heavy atom. The fourth-order valence-corrected chi connectivity index (χ4v) is 4.63. The lowest BCUT2D eigenvalue weighted by molar-refractivity contribution is -0.175. The number of para-hydroxylation sites is 1. The van der Waals surface area contributed by atoms with Gasteiger partial charge in [0, 0.05) is 18.9 Å². The van der Waals surface area contributed by atoms with Crippen LogP contribution in [0, 0.1) is 5.92 Å². The van der Waals surface area contributed by atoms with E-state index in [1.165, 1.54) is 0 Å². The predicted octanol–water partition coefficient (Wildman–Crippen LogP) is 3.62. The summed E-state index contributed by atoms with van der Waals surface area (Å²) in [6.07, 6.45) is 0.612. The smallest absolute Gasteiger partial charge is 0.238 e. The molecular formula is C23H26N2O3. The zero-order chi connectivity index (χ0) is 19.9. The van der Waals surface area contributed by atoms with Crippen LogP contribution in [0.1, 0.15) is 50.3 Å². The van der Waals surface area contributed by atoms with Crippen LogP contribution in [0.4, 0.5) is 0 Å².